The fraction of sp³-hybridized carbons (Fsp3) is 0.929. The molecule has 18 heavy (non-hydrogen) atoms. The van der Waals surface area contributed by atoms with E-state index < -0.39 is 0 Å². The third-order valence-corrected chi connectivity index (χ3v) is 5.86. The van der Waals surface area contributed by atoms with E-state index >= 15 is 0 Å². The normalized spacial score (nSPS) is 41.6. The molecule has 3 fully saturated rings. The van der Waals surface area contributed by atoms with Crippen LogP contribution in [0, 0.1) is 29.6 Å². The highest BCUT2D eigenvalue weighted by Crippen LogP contribution is 2.69. The van der Waals surface area contributed by atoms with Gasteiger partial charge in [-0.3, -0.25) is 4.79 Å². The molecule has 1 N–H and O–H groups in total. The maximum absolute atomic E-state index is 12.1. The zero-order chi connectivity index (χ0) is 12.7. The van der Waals surface area contributed by atoms with E-state index in [-0.39, 0.29) is 0 Å². The molecule has 3 saturated carbocycles. The summed E-state index contributed by atoms with van der Waals surface area (Å²) < 4.78 is 5.06. The molecule has 3 rings (SSSR count). The molecule has 0 radical (unpaired) electrons. The van der Waals surface area contributed by atoms with E-state index in [1.165, 1.54) is 19.3 Å². The van der Waals surface area contributed by atoms with Crippen molar-refractivity contribution in [1.29, 1.82) is 0 Å². The van der Waals surface area contributed by atoms with Crippen molar-refractivity contribution in [2.24, 2.45) is 29.6 Å². The number of hydrogen-bond acceptors (Lipinski definition) is 2. The summed E-state index contributed by atoms with van der Waals surface area (Å²) in [7, 11) is 1.70. The first-order chi connectivity index (χ1) is 8.72. The first kappa shape index (κ1) is 12.9. The van der Waals surface area contributed by atoms with E-state index in [9.17, 15) is 4.79 Å². The summed E-state index contributed by atoms with van der Waals surface area (Å²) in [4.78, 5) is 12.5. The monoisotopic (exact) mass is 315 g/mol. The average Bonchev–Trinajstić information content (AvgIpc) is 2.79. The van der Waals surface area contributed by atoms with E-state index in [2.05, 4.69) is 21.2 Å². The fourth-order valence-corrected chi connectivity index (χ4v) is 4.90. The molecule has 0 aromatic rings. The summed E-state index contributed by atoms with van der Waals surface area (Å²) >= 11 is 3.54. The van der Waals surface area contributed by atoms with Crippen molar-refractivity contribution in [2.45, 2.75) is 30.5 Å². The quantitative estimate of drug-likeness (QED) is 0.763. The van der Waals surface area contributed by atoms with Gasteiger partial charge in [0.05, 0.1) is 6.61 Å². The zero-order valence-corrected chi connectivity index (χ0v) is 12.5. The lowest BCUT2D eigenvalue weighted by molar-refractivity contribution is -0.123. The Morgan fingerprint density at radius 2 is 2.06 bits per heavy atom. The van der Waals surface area contributed by atoms with E-state index in [4.69, 9.17) is 4.74 Å². The van der Waals surface area contributed by atoms with Gasteiger partial charge in [-0.1, -0.05) is 15.9 Å². The molecule has 102 valence electrons. The summed E-state index contributed by atoms with van der Waals surface area (Å²) in [5.74, 6) is 3.96. The minimum Gasteiger partial charge on any atom is -0.384 e. The average molecular weight is 316 g/mol. The number of fused-ring (bicyclic) bond motifs is 5. The lowest BCUT2D eigenvalue weighted by Crippen LogP contribution is -2.30. The van der Waals surface area contributed by atoms with E-state index in [1.54, 1.807) is 7.11 Å². The van der Waals surface area contributed by atoms with Crippen LogP contribution in [0.5, 0.6) is 0 Å². The number of hydrogen-bond donors (Lipinski definition) is 1. The number of amides is 1. The molecule has 3 nitrogen and oxygen atoms in total. The maximum Gasteiger partial charge on any atom is 0.223 e. The number of carbonyl (C=O) groups excluding carboxylic acids is 1. The van der Waals surface area contributed by atoms with E-state index in [0.29, 0.717) is 23.3 Å². The van der Waals surface area contributed by atoms with Crippen LogP contribution in [-0.4, -0.2) is 31.0 Å². The van der Waals surface area contributed by atoms with Crippen LogP contribution in [0.2, 0.25) is 0 Å². The minimum absolute atomic E-state index is 0.318. The lowest BCUT2D eigenvalue weighted by atomic mass is 10.0. The van der Waals surface area contributed by atoms with Gasteiger partial charge in [0, 0.05) is 24.4 Å². The highest BCUT2D eigenvalue weighted by Gasteiger charge is 2.67. The standard InChI is InChI=1S/C14H22BrNO2/c1-18-7-10(15)4-5-16-14(17)13-11-8-2-3-9(6-8)12(11)13/h8-13H,2-7H2,1H3,(H,16,17). The SMILES string of the molecule is COCC(Br)CCNC(=O)C1C2C3CCC(C3)C12. The Hall–Kier alpha value is -0.0900. The minimum atomic E-state index is 0.318. The smallest absolute Gasteiger partial charge is 0.223 e. The van der Waals surface area contributed by atoms with Gasteiger partial charge in [0.25, 0.3) is 0 Å². The Bertz CT molecular complexity index is 320. The number of halogens is 1. The highest BCUT2D eigenvalue weighted by atomic mass is 79.9. The van der Waals surface area contributed by atoms with Gasteiger partial charge in [-0.25, -0.2) is 0 Å². The molecule has 0 aromatic heterocycles. The van der Waals surface area contributed by atoms with E-state index in [0.717, 1.165) is 36.6 Å². The maximum atomic E-state index is 12.1. The van der Waals surface area contributed by atoms with Gasteiger partial charge in [0.15, 0.2) is 0 Å². The fourth-order valence-electron chi connectivity index (χ4n) is 4.41. The van der Waals surface area contributed by atoms with Crippen molar-refractivity contribution < 1.29 is 9.53 Å². The third-order valence-electron chi connectivity index (χ3n) is 5.14. The van der Waals surface area contributed by atoms with Gasteiger partial charge in [0.2, 0.25) is 5.91 Å². The Kier molecular flexibility index (Phi) is 3.68. The highest BCUT2D eigenvalue weighted by molar-refractivity contribution is 9.09. The Labute approximate surface area is 117 Å². The molecule has 3 aliphatic carbocycles. The summed E-state index contributed by atoms with van der Waals surface area (Å²) in [6.07, 6.45) is 5.12. The first-order valence-electron chi connectivity index (χ1n) is 7.13. The van der Waals surface area contributed by atoms with Crippen LogP contribution < -0.4 is 5.32 Å². The van der Waals surface area contributed by atoms with Crippen LogP contribution in [-0.2, 0) is 9.53 Å². The van der Waals surface area contributed by atoms with Gasteiger partial charge < -0.3 is 10.1 Å². The molecule has 0 spiro atoms. The van der Waals surface area contributed by atoms with Gasteiger partial charge in [-0.2, -0.15) is 0 Å². The largest absolute Gasteiger partial charge is 0.384 e. The number of nitrogens with one attached hydrogen (secondary N) is 1. The molecule has 5 unspecified atom stereocenters. The lowest BCUT2D eigenvalue weighted by Gasteiger charge is -2.11. The van der Waals surface area contributed by atoms with Crippen molar-refractivity contribution in [2.75, 3.05) is 20.3 Å². The summed E-state index contributed by atoms with van der Waals surface area (Å²) in [5, 5.41) is 3.11. The van der Waals surface area contributed by atoms with Crippen molar-refractivity contribution in [3.8, 4) is 0 Å². The summed E-state index contributed by atoms with van der Waals surface area (Å²) in [6, 6.07) is 0. The molecule has 3 aliphatic rings. The first-order valence-corrected chi connectivity index (χ1v) is 8.04. The molecule has 0 aliphatic heterocycles. The zero-order valence-electron chi connectivity index (χ0n) is 10.9. The number of rotatable bonds is 6. The van der Waals surface area contributed by atoms with Crippen molar-refractivity contribution in [3.63, 3.8) is 0 Å². The Morgan fingerprint density at radius 3 is 2.67 bits per heavy atom. The van der Waals surface area contributed by atoms with Gasteiger partial charge in [-0.05, 0) is 49.4 Å². The topological polar surface area (TPSA) is 38.3 Å². The summed E-state index contributed by atoms with van der Waals surface area (Å²) in [6.45, 7) is 1.47. The van der Waals surface area contributed by atoms with Crippen molar-refractivity contribution in [3.05, 3.63) is 0 Å². The second kappa shape index (κ2) is 5.12. The number of carbonyl (C=O) groups is 1. The Balaban J connectivity index is 1.39. The molecule has 5 atom stereocenters. The van der Waals surface area contributed by atoms with Crippen LogP contribution in [0.4, 0.5) is 0 Å². The molecule has 0 aromatic carbocycles. The van der Waals surface area contributed by atoms with Gasteiger partial charge >= 0.3 is 0 Å². The summed E-state index contributed by atoms with van der Waals surface area (Å²) in [5.41, 5.74) is 0. The Morgan fingerprint density at radius 1 is 1.39 bits per heavy atom. The van der Waals surface area contributed by atoms with Crippen LogP contribution in [0.3, 0.4) is 0 Å². The molecule has 0 saturated heterocycles. The number of methoxy groups -OCH3 is 1. The molecular formula is C14H22BrNO2. The van der Waals surface area contributed by atoms with Gasteiger partial charge in [-0.15, -0.1) is 0 Å². The van der Waals surface area contributed by atoms with Crippen LogP contribution in [0.1, 0.15) is 25.7 Å². The van der Waals surface area contributed by atoms with Gasteiger partial charge in [0.1, 0.15) is 0 Å². The molecule has 0 heterocycles. The van der Waals surface area contributed by atoms with Crippen LogP contribution in [0.25, 0.3) is 0 Å². The van der Waals surface area contributed by atoms with Crippen LogP contribution >= 0.6 is 15.9 Å². The number of ether oxygens (including phenoxy) is 1. The predicted molar refractivity (Wildman–Crippen MR) is 73.5 cm³/mol. The van der Waals surface area contributed by atoms with Crippen molar-refractivity contribution in [1.82, 2.24) is 5.32 Å². The second-order valence-corrected chi connectivity index (χ2v) is 7.44. The second-order valence-electron chi connectivity index (χ2n) is 6.15. The van der Waals surface area contributed by atoms with E-state index in [1.807, 2.05) is 0 Å². The molecule has 1 amide bonds. The molecular weight excluding hydrogens is 294 g/mol. The third kappa shape index (κ3) is 2.22. The predicted octanol–water partition coefficient (Wildman–Crippen LogP) is 2.19. The van der Waals surface area contributed by atoms with Crippen LogP contribution in [0.15, 0.2) is 0 Å². The molecule has 4 heteroatoms. The molecule has 2 bridgehead atoms. The number of alkyl halides is 1. The van der Waals surface area contributed by atoms with Crippen molar-refractivity contribution >= 4 is 21.8 Å².